The van der Waals surface area contributed by atoms with Gasteiger partial charge >= 0.3 is 5.97 Å². The number of hydrogen-bond acceptors (Lipinski definition) is 2. The first-order chi connectivity index (χ1) is 7.22. The maximum absolute atomic E-state index is 12.1. The second-order valence-corrected chi connectivity index (χ2v) is 6.71. The van der Waals surface area contributed by atoms with Gasteiger partial charge in [-0.05, 0) is 19.3 Å². The largest absolute Gasteiger partial charge is 0.478 e. The Balaban J connectivity index is 5.28. The van der Waals surface area contributed by atoms with Gasteiger partial charge in [-0.2, -0.15) is 0 Å². The van der Waals surface area contributed by atoms with Crippen LogP contribution in [0, 0.1) is 5.92 Å². The minimum Gasteiger partial charge on any atom is -0.478 e. The molecule has 0 aromatic rings. The van der Waals surface area contributed by atoms with E-state index in [9.17, 15) is 14.3 Å². The third-order valence-electron chi connectivity index (χ3n) is 2.27. The molecule has 0 aliphatic rings. The van der Waals surface area contributed by atoms with E-state index in [-0.39, 0.29) is 23.0 Å². The molecule has 0 heterocycles. The van der Waals surface area contributed by atoms with Crippen LogP contribution in [0.15, 0.2) is 10.9 Å². The van der Waals surface area contributed by atoms with Crippen molar-refractivity contribution < 1.29 is 19.4 Å². The first-order valence-electron chi connectivity index (χ1n) is 5.47. The molecule has 1 atom stereocenters. The van der Waals surface area contributed by atoms with Gasteiger partial charge < -0.3 is 10.00 Å². The van der Waals surface area contributed by atoms with E-state index in [2.05, 4.69) is 0 Å². The molecule has 0 fully saturated rings. The number of carboxylic acid groups (broad SMARTS) is 1. The molecule has 2 N–H and O–H groups in total. The summed E-state index contributed by atoms with van der Waals surface area (Å²) in [6.45, 7) is 6.96. The van der Waals surface area contributed by atoms with Crippen LogP contribution in [0.5, 0.6) is 0 Å². The van der Waals surface area contributed by atoms with E-state index in [1.807, 2.05) is 20.8 Å². The van der Waals surface area contributed by atoms with Crippen molar-refractivity contribution in [2.45, 2.75) is 40.5 Å². The Morgan fingerprint density at radius 3 is 2.19 bits per heavy atom. The third kappa shape index (κ3) is 4.50. The average Bonchev–Trinajstić information content (AvgIpc) is 2.10. The highest BCUT2D eigenvalue weighted by Gasteiger charge is 2.28. The first kappa shape index (κ1) is 15.4. The Bertz CT molecular complexity index is 331. The molecule has 0 saturated heterocycles. The number of rotatable bonds is 6. The van der Waals surface area contributed by atoms with E-state index in [4.69, 9.17) is 5.11 Å². The molecule has 0 radical (unpaired) electrons. The van der Waals surface area contributed by atoms with Crippen molar-refractivity contribution in [1.29, 1.82) is 0 Å². The van der Waals surface area contributed by atoms with E-state index in [0.29, 0.717) is 12.8 Å². The summed E-state index contributed by atoms with van der Waals surface area (Å²) < 4.78 is 12.1. The van der Waals surface area contributed by atoms with Crippen molar-refractivity contribution in [2.24, 2.45) is 5.92 Å². The number of carbonyl (C=O) groups is 1. The second-order valence-electron chi connectivity index (χ2n) is 4.40. The van der Waals surface area contributed by atoms with Crippen LogP contribution in [0.2, 0.25) is 0 Å². The predicted octanol–water partition coefficient (Wildman–Crippen LogP) is 3.07. The molecule has 0 amide bonds. The van der Waals surface area contributed by atoms with E-state index >= 15 is 0 Å². The van der Waals surface area contributed by atoms with Crippen LogP contribution in [-0.2, 0) is 9.36 Å². The zero-order valence-electron chi connectivity index (χ0n) is 10.4. The lowest BCUT2D eigenvalue weighted by Gasteiger charge is -2.18. The van der Waals surface area contributed by atoms with Crippen LogP contribution < -0.4 is 0 Å². The minimum absolute atomic E-state index is 0.0216. The number of hydrogen-bond donors (Lipinski definition) is 2. The van der Waals surface area contributed by atoms with E-state index in [1.165, 1.54) is 6.92 Å². The summed E-state index contributed by atoms with van der Waals surface area (Å²) in [5.41, 5.74) is 0.0216. The van der Waals surface area contributed by atoms with Crippen molar-refractivity contribution in [3.8, 4) is 0 Å². The molecule has 0 rings (SSSR count). The highest BCUT2D eigenvalue weighted by Crippen LogP contribution is 2.54. The fourth-order valence-electron chi connectivity index (χ4n) is 1.59. The molecule has 0 bridgehead atoms. The summed E-state index contributed by atoms with van der Waals surface area (Å²) in [5.74, 6) is -1.04. The lowest BCUT2D eigenvalue weighted by molar-refractivity contribution is -0.132. The maximum Gasteiger partial charge on any atom is 0.331 e. The second kappa shape index (κ2) is 6.21. The fourth-order valence-corrected chi connectivity index (χ4v) is 3.99. The van der Waals surface area contributed by atoms with Crippen LogP contribution in [0.25, 0.3) is 0 Å². The van der Waals surface area contributed by atoms with Gasteiger partial charge in [0.05, 0.1) is 0 Å². The highest BCUT2D eigenvalue weighted by atomic mass is 31.2. The normalized spacial score (nSPS) is 16.9. The molecule has 0 aromatic heterocycles. The summed E-state index contributed by atoms with van der Waals surface area (Å²) in [6.07, 6.45) is 1.19. The fraction of sp³-hybridized carbons (Fsp3) is 0.727. The standard InChI is InChI=1S/C11H21O4P/c1-5-6-10(9(4)11(12)13)16(14,15)7-8(2)3/h8H,5-7H2,1-4H3,(H,12,13)(H,14,15). The summed E-state index contributed by atoms with van der Waals surface area (Å²) in [5, 5.41) is 9.11. The van der Waals surface area contributed by atoms with Gasteiger partial charge in [-0.1, -0.05) is 27.2 Å². The number of carboxylic acids is 1. The van der Waals surface area contributed by atoms with Crippen LogP contribution in [0.3, 0.4) is 0 Å². The Kier molecular flexibility index (Phi) is 5.98. The SMILES string of the molecule is CCCC(=C(C)C(=O)O)P(=O)(O)CC(C)C. The molecule has 16 heavy (non-hydrogen) atoms. The molecule has 0 spiro atoms. The Labute approximate surface area is 96.8 Å². The Morgan fingerprint density at radius 1 is 1.38 bits per heavy atom. The monoisotopic (exact) mass is 248 g/mol. The van der Waals surface area contributed by atoms with Gasteiger partial charge in [-0.3, -0.25) is 4.57 Å². The van der Waals surface area contributed by atoms with Crippen molar-refractivity contribution in [1.82, 2.24) is 0 Å². The molecule has 5 heteroatoms. The topological polar surface area (TPSA) is 74.6 Å². The lowest BCUT2D eigenvalue weighted by atomic mass is 10.2. The van der Waals surface area contributed by atoms with Crippen molar-refractivity contribution in [2.75, 3.05) is 6.16 Å². The van der Waals surface area contributed by atoms with Gasteiger partial charge in [0.15, 0.2) is 0 Å². The van der Waals surface area contributed by atoms with Crippen molar-refractivity contribution in [3.05, 3.63) is 10.9 Å². The number of aliphatic carboxylic acids is 1. The summed E-state index contributed by atoms with van der Waals surface area (Å²) >= 11 is 0. The minimum atomic E-state index is -3.49. The zero-order valence-corrected chi connectivity index (χ0v) is 11.3. The third-order valence-corrected chi connectivity index (χ3v) is 4.90. The molecule has 4 nitrogen and oxygen atoms in total. The molecule has 1 unspecified atom stereocenters. The molecule has 94 valence electrons. The van der Waals surface area contributed by atoms with Crippen LogP contribution in [0.4, 0.5) is 0 Å². The zero-order chi connectivity index (χ0) is 12.9. The van der Waals surface area contributed by atoms with Crippen molar-refractivity contribution >= 4 is 13.3 Å². The molecule has 0 aliphatic carbocycles. The lowest BCUT2D eigenvalue weighted by Crippen LogP contribution is -2.06. The van der Waals surface area contributed by atoms with Gasteiger partial charge in [0, 0.05) is 17.0 Å². The van der Waals surface area contributed by atoms with Crippen LogP contribution in [-0.4, -0.2) is 22.1 Å². The van der Waals surface area contributed by atoms with Gasteiger partial charge in [0.2, 0.25) is 7.37 Å². The summed E-state index contributed by atoms with van der Waals surface area (Å²) in [6, 6.07) is 0. The highest BCUT2D eigenvalue weighted by molar-refractivity contribution is 7.62. The molecular formula is C11H21O4P. The number of allylic oxidation sites excluding steroid dienone is 1. The Hall–Kier alpha value is -0.600. The molecular weight excluding hydrogens is 227 g/mol. The Morgan fingerprint density at radius 2 is 1.88 bits per heavy atom. The van der Waals surface area contributed by atoms with Crippen LogP contribution in [0.1, 0.15) is 40.5 Å². The summed E-state index contributed by atoms with van der Waals surface area (Å²) in [4.78, 5) is 20.8. The quantitative estimate of drug-likeness (QED) is 0.559. The van der Waals surface area contributed by atoms with E-state index in [1.54, 1.807) is 0 Å². The van der Waals surface area contributed by atoms with E-state index in [0.717, 1.165) is 0 Å². The van der Waals surface area contributed by atoms with E-state index < -0.39 is 13.3 Å². The smallest absolute Gasteiger partial charge is 0.331 e. The maximum atomic E-state index is 12.1. The molecule has 0 aliphatic heterocycles. The van der Waals surface area contributed by atoms with Gasteiger partial charge in [0.1, 0.15) is 0 Å². The van der Waals surface area contributed by atoms with Gasteiger partial charge in [0.25, 0.3) is 0 Å². The van der Waals surface area contributed by atoms with Crippen molar-refractivity contribution in [3.63, 3.8) is 0 Å². The first-order valence-corrected chi connectivity index (χ1v) is 7.32. The predicted molar refractivity (Wildman–Crippen MR) is 64.8 cm³/mol. The summed E-state index contributed by atoms with van der Waals surface area (Å²) in [7, 11) is -3.49. The van der Waals surface area contributed by atoms with Gasteiger partial charge in [-0.25, -0.2) is 4.79 Å². The molecule has 0 aromatic carbocycles. The van der Waals surface area contributed by atoms with Crippen LogP contribution >= 0.6 is 7.37 Å². The average molecular weight is 248 g/mol. The molecule has 0 saturated carbocycles. The van der Waals surface area contributed by atoms with Gasteiger partial charge in [-0.15, -0.1) is 0 Å².